The fourth-order valence-electron chi connectivity index (χ4n) is 2.60. The zero-order valence-electron chi connectivity index (χ0n) is 7.60. The number of hydrogen-bond acceptors (Lipinski definition) is 4. The van der Waals surface area contributed by atoms with E-state index >= 15 is 0 Å². The molecule has 0 N–H and O–H groups in total. The average molecular weight is 184 g/mol. The molecule has 0 aromatic rings. The summed E-state index contributed by atoms with van der Waals surface area (Å²) >= 11 is 0. The van der Waals surface area contributed by atoms with Gasteiger partial charge in [-0.25, -0.2) is 0 Å². The Balaban J connectivity index is 2.01. The Morgan fingerprint density at radius 2 is 1.54 bits per heavy atom. The molecule has 3 heterocycles. The molecule has 4 rings (SSSR count). The normalized spacial score (nSPS) is 58.8. The highest BCUT2D eigenvalue weighted by molar-refractivity contribution is 5.89. The summed E-state index contributed by atoms with van der Waals surface area (Å²) in [7, 11) is 0. The summed E-state index contributed by atoms with van der Waals surface area (Å²) < 4.78 is 16.1. The average Bonchev–Trinajstić information content (AvgIpc) is 2.12. The van der Waals surface area contributed by atoms with Gasteiger partial charge in [-0.15, -0.1) is 0 Å². The molecule has 0 spiro atoms. The number of rotatable bonds is 0. The number of ketones is 1. The standard InChI is InChI=1S/C9H12O4/c1-3-6-4(2)8-5(10)7(3)12-9(11-6)13-8/h3-4,6-9H,1-2H3/t3?,4?,6?,7-,8?,9?/m0/s1. The number of hydrogen-bond donors (Lipinski definition) is 0. The molecule has 3 aliphatic heterocycles. The fourth-order valence-corrected chi connectivity index (χ4v) is 2.60. The Hall–Kier alpha value is -0.450. The van der Waals surface area contributed by atoms with Crippen LogP contribution >= 0.6 is 0 Å². The highest BCUT2D eigenvalue weighted by Gasteiger charge is 2.58. The van der Waals surface area contributed by atoms with E-state index in [0.717, 1.165) is 0 Å². The van der Waals surface area contributed by atoms with Gasteiger partial charge in [-0.2, -0.15) is 0 Å². The molecule has 4 nitrogen and oxygen atoms in total. The maximum Gasteiger partial charge on any atom is 0.273 e. The third-order valence-electron chi connectivity index (χ3n) is 3.34. The second-order valence-corrected chi connectivity index (χ2v) is 4.12. The van der Waals surface area contributed by atoms with Crippen LogP contribution < -0.4 is 0 Å². The van der Waals surface area contributed by atoms with Gasteiger partial charge in [0.25, 0.3) is 6.48 Å². The Morgan fingerprint density at radius 3 is 2.08 bits per heavy atom. The first kappa shape index (κ1) is 7.91. The zero-order valence-corrected chi connectivity index (χ0v) is 7.60. The first-order chi connectivity index (χ1) is 6.18. The number of ether oxygens (including phenoxy) is 3. The predicted octanol–water partition coefficient (Wildman–Crippen LogP) is 0.308. The maximum absolute atomic E-state index is 11.7. The quantitative estimate of drug-likeness (QED) is 0.543. The molecule has 0 aromatic heterocycles. The molecule has 1 aliphatic carbocycles. The van der Waals surface area contributed by atoms with Crippen molar-refractivity contribution in [1.82, 2.24) is 0 Å². The van der Waals surface area contributed by atoms with Crippen molar-refractivity contribution in [2.24, 2.45) is 11.8 Å². The molecule has 4 bridgehead atoms. The van der Waals surface area contributed by atoms with E-state index in [1.165, 1.54) is 0 Å². The zero-order chi connectivity index (χ0) is 9.16. The van der Waals surface area contributed by atoms with Crippen LogP contribution in [0, 0.1) is 11.8 Å². The smallest absolute Gasteiger partial charge is 0.273 e. The summed E-state index contributed by atoms with van der Waals surface area (Å²) in [5, 5.41) is 0. The van der Waals surface area contributed by atoms with E-state index in [9.17, 15) is 4.79 Å². The van der Waals surface area contributed by atoms with Crippen LogP contribution in [0.1, 0.15) is 13.8 Å². The van der Waals surface area contributed by atoms with Gasteiger partial charge < -0.3 is 14.2 Å². The van der Waals surface area contributed by atoms with Gasteiger partial charge in [0.15, 0.2) is 5.78 Å². The van der Waals surface area contributed by atoms with Crippen LogP contribution in [0.3, 0.4) is 0 Å². The van der Waals surface area contributed by atoms with Gasteiger partial charge in [-0.05, 0) is 0 Å². The fraction of sp³-hybridized carbons (Fsp3) is 0.889. The highest BCUT2D eigenvalue weighted by atomic mass is 16.9. The van der Waals surface area contributed by atoms with Gasteiger partial charge in [0, 0.05) is 11.8 Å². The van der Waals surface area contributed by atoms with Crippen molar-refractivity contribution in [1.29, 1.82) is 0 Å². The molecule has 4 fully saturated rings. The maximum atomic E-state index is 11.7. The summed E-state index contributed by atoms with van der Waals surface area (Å²) in [6.07, 6.45) is -0.461. The summed E-state index contributed by atoms with van der Waals surface area (Å²) in [6, 6.07) is 0. The van der Waals surface area contributed by atoms with E-state index in [-0.39, 0.29) is 35.9 Å². The summed E-state index contributed by atoms with van der Waals surface area (Å²) in [4.78, 5) is 11.7. The van der Waals surface area contributed by atoms with Gasteiger partial charge in [0.05, 0.1) is 6.10 Å². The molecule has 0 radical (unpaired) electrons. The van der Waals surface area contributed by atoms with E-state index in [4.69, 9.17) is 14.2 Å². The Bertz CT molecular complexity index is 242. The van der Waals surface area contributed by atoms with Crippen molar-refractivity contribution in [2.45, 2.75) is 38.6 Å². The van der Waals surface area contributed by atoms with Crippen LogP contribution in [-0.4, -0.2) is 30.6 Å². The largest absolute Gasteiger partial charge is 0.326 e. The lowest BCUT2D eigenvalue weighted by Crippen LogP contribution is -2.68. The minimum Gasteiger partial charge on any atom is -0.326 e. The lowest BCUT2D eigenvalue weighted by atomic mass is 9.74. The van der Waals surface area contributed by atoms with Crippen molar-refractivity contribution >= 4 is 5.78 Å². The van der Waals surface area contributed by atoms with Crippen molar-refractivity contribution in [3.63, 3.8) is 0 Å². The molecule has 3 saturated heterocycles. The van der Waals surface area contributed by atoms with E-state index in [2.05, 4.69) is 0 Å². The third-order valence-corrected chi connectivity index (χ3v) is 3.34. The van der Waals surface area contributed by atoms with Gasteiger partial charge in [0.2, 0.25) is 0 Å². The van der Waals surface area contributed by atoms with E-state index in [1.807, 2.05) is 13.8 Å². The summed E-state index contributed by atoms with van der Waals surface area (Å²) in [5.74, 6) is 0.425. The third kappa shape index (κ3) is 0.834. The molecular weight excluding hydrogens is 172 g/mol. The SMILES string of the molecule is CC1C2OC3OC1C(C)[C@H](O3)C2=O. The summed E-state index contributed by atoms with van der Waals surface area (Å²) in [6.45, 7) is 3.41. The minimum absolute atomic E-state index is 0.0933. The number of carbonyl (C=O) groups is 1. The second-order valence-electron chi connectivity index (χ2n) is 4.12. The molecule has 72 valence electrons. The molecule has 4 aliphatic rings. The first-order valence-corrected chi connectivity index (χ1v) is 4.68. The Labute approximate surface area is 76.1 Å². The van der Waals surface area contributed by atoms with Crippen LogP contribution in [0.25, 0.3) is 0 Å². The Morgan fingerprint density at radius 1 is 1.00 bits per heavy atom. The minimum atomic E-state index is -0.592. The van der Waals surface area contributed by atoms with Crippen molar-refractivity contribution < 1.29 is 19.0 Å². The van der Waals surface area contributed by atoms with Crippen LogP contribution in [0.5, 0.6) is 0 Å². The second kappa shape index (κ2) is 2.32. The molecule has 0 amide bonds. The van der Waals surface area contributed by atoms with E-state index in [1.54, 1.807) is 0 Å². The van der Waals surface area contributed by atoms with Gasteiger partial charge in [-0.1, -0.05) is 13.8 Å². The molecule has 6 atom stereocenters. The van der Waals surface area contributed by atoms with Crippen LogP contribution in [0.2, 0.25) is 0 Å². The lowest BCUT2D eigenvalue weighted by Gasteiger charge is -2.54. The van der Waals surface area contributed by atoms with Crippen molar-refractivity contribution in [3.05, 3.63) is 0 Å². The monoisotopic (exact) mass is 184 g/mol. The van der Waals surface area contributed by atoms with Crippen LogP contribution in [-0.2, 0) is 19.0 Å². The number of Topliss-reactive ketones (excluding diaryl/α,β-unsaturated/α-hetero) is 1. The van der Waals surface area contributed by atoms with Gasteiger partial charge >= 0.3 is 0 Å². The van der Waals surface area contributed by atoms with Crippen molar-refractivity contribution in [2.75, 3.05) is 0 Å². The first-order valence-electron chi connectivity index (χ1n) is 4.68. The van der Waals surface area contributed by atoms with E-state index < -0.39 is 6.48 Å². The predicted molar refractivity (Wildman–Crippen MR) is 41.7 cm³/mol. The molecule has 5 unspecified atom stereocenters. The summed E-state index contributed by atoms with van der Waals surface area (Å²) in [5.41, 5.74) is 0. The van der Waals surface area contributed by atoms with E-state index in [0.29, 0.717) is 0 Å². The Kier molecular flexibility index (Phi) is 1.41. The van der Waals surface area contributed by atoms with Crippen molar-refractivity contribution in [3.8, 4) is 0 Å². The van der Waals surface area contributed by atoms with Crippen LogP contribution in [0.15, 0.2) is 0 Å². The number of carbonyl (C=O) groups excluding carboxylic acids is 1. The molecule has 4 heteroatoms. The van der Waals surface area contributed by atoms with Crippen LogP contribution in [0.4, 0.5) is 0 Å². The molecule has 13 heavy (non-hydrogen) atoms. The topological polar surface area (TPSA) is 44.8 Å². The van der Waals surface area contributed by atoms with Gasteiger partial charge in [0.1, 0.15) is 12.2 Å². The highest BCUT2D eigenvalue weighted by Crippen LogP contribution is 2.43. The molecular formula is C9H12O4. The molecule has 1 saturated carbocycles. The lowest BCUT2D eigenvalue weighted by molar-refractivity contribution is -0.426. The molecule has 0 aromatic carbocycles. The van der Waals surface area contributed by atoms with Gasteiger partial charge in [-0.3, -0.25) is 4.79 Å².